The maximum Gasteiger partial charge on any atom is 0.237 e. The standard InChI is InChI=1S/C17H19Cl2FN2O3.CH4/c1-8(2)11-6-10(4-5-12(11)24)25-15-13(18)16(20)22-17(14(15)19)21-7-9(3)23;/h4-6,8-9,23-24H,7H2,1-3H3,(H,21,22);1H4/t9-;/m0./s1. The number of hydrogen-bond acceptors (Lipinski definition) is 5. The first kappa shape index (κ1) is 22.3. The zero-order valence-corrected chi connectivity index (χ0v) is 15.5. The fraction of sp³-hybridized carbons (Fsp3) is 0.389. The van der Waals surface area contributed by atoms with Gasteiger partial charge in [0.25, 0.3) is 0 Å². The van der Waals surface area contributed by atoms with Crippen LogP contribution in [0.5, 0.6) is 17.2 Å². The van der Waals surface area contributed by atoms with Gasteiger partial charge in [-0.15, -0.1) is 0 Å². The number of halogens is 3. The predicted octanol–water partition coefficient (Wildman–Crippen LogP) is 5.58. The molecule has 0 unspecified atom stereocenters. The number of aliphatic hydroxyl groups is 1. The van der Waals surface area contributed by atoms with Crippen LogP contribution in [0.2, 0.25) is 10.0 Å². The fourth-order valence-electron chi connectivity index (χ4n) is 2.12. The number of aromatic hydroxyl groups is 1. The average Bonchev–Trinajstić information content (AvgIpc) is 2.54. The second-order valence-electron chi connectivity index (χ2n) is 5.92. The predicted molar refractivity (Wildman–Crippen MR) is 103 cm³/mol. The highest BCUT2D eigenvalue weighted by Crippen LogP contribution is 2.42. The summed E-state index contributed by atoms with van der Waals surface area (Å²) in [7, 11) is 0. The molecule has 0 bridgehead atoms. The van der Waals surface area contributed by atoms with Gasteiger partial charge in [-0.25, -0.2) is 0 Å². The van der Waals surface area contributed by atoms with Crippen molar-refractivity contribution in [2.24, 2.45) is 0 Å². The molecular formula is C18H23Cl2FN2O3. The van der Waals surface area contributed by atoms with Crippen LogP contribution in [0.1, 0.15) is 39.7 Å². The van der Waals surface area contributed by atoms with Gasteiger partial charge in [0.1, 0.15) is 21.5 Å². The van der Waals surface area contributed by atoms with Gasteiger partial charge in [-0.1, -0.05) is 44.5 Å². The molecule has 1 aromatic heterocycles. The quantitative estimate of drug-likeness (QED) is 0.548. The molecule has 26 heavy (non-hydrogen) atoms. The number of nitrogens with one attached hydrogen (secondary N) is 1. The average molecular weight is 405 g/mol. The van der Waals surface area contributed by atoms with Gasteiger partial charge in [0.2, 0.25) is 5.95 Å². The van der Waals surface area contributed by atoms with Gasteiger partial charge in [-0.2, -0.15) is 9.37 Å². The summed E-state index contributed by atoms with van der Waals surface area (Å²) >= 11 is 12.2. The minimum atomic E-state index is -0.947. The largest absolute Gasteiger partial charge is 0.508 e. The van der Waals surface area contributed by atoms with Crippen molar-refractivity contribution in [3.05, 3.63) is 39.8 Å². The van der Waals surface area contributed by atoms with Crippen LogP contribution >= 0.6 is 23.2 Å². The highest BCUT2D eigenvalue weighted by molar-refractivity contribution is 6.38. The Bertz CT molecular complexity index is 771. The van der Waals surface area contributed by atoms with Crippen LogP contribution in [0.15, 0.2) is 18.2 Å². The molecular weight excluding hydrogens is 382 g/mol. The Kier molecular flexibility index (Phi) is 7.93. The topological polar surface area (TPSA) is 74.6 Å². The number of rotatable bonds is 6. The molecule has 2 aromatic rings. The van der Waals surface area contributed by atoms with Crippen LogP contribution in [0, 0.1) is 5.95 Å². The zero-order valence-electron chi connectivity index (χ0n) is 14.0. The highest BCUT2D eigenvalue weighted by Gasteiger charge is 2.20. The Labute approximate surface area is 162 Å². The summed E-state index contributed by atoms with van der Waals surface area (Å²) in [5.41, 5.74) is 0.673. The molecule has 1 heterocycles. The van der Waals surface area contributed by atoms with Crippen LogP contribution in [0.3, 0.4) is 0 Å². The SMILES string of the molecule is C.CC(C)c1cc(Oc2c(Cl)c(F)nc(NC[C@H](C)O)c2Cl)ccc1O. The van der Waals surface area contributed by atoms with E-state index in [1.165, 1.54) is 12.1 Å². The molecule has 8 heteroatoms. The summed E-state index contributed by atoms with van der Waals surface area (Å²) in [6.45, 7) is 5.53. The van der Waals surface area contributed by atoms with E-state index in [9.17, 15) is 14.6 Å². The number of phenols is 1. The van der Waals surface area contributed by atoms with Gasteiger partial charge in [0.05, 0.1) is 6.10 Å². The molecule has 0 fully saturated rings. The first-order valence-electron chi connectivity index (χ1n) is 7.67. The van der Waals surface area contributed by atoms with Crippen molar-refractivity contribution in [2.75, 3.05) is 11.9 Å². The number of anilines is 1. The third-order valence-electron chi connectivity index (χ3n) is 3.40. The number of hydrogen-bond donors (Lipinski definition) is 3. The lowest BCUT2D eigenvalue weighted by Gasteiger charge is -2.16. The molecule has 0 radical (unpaired) electrons. The van der Waals surface area contributed by atoms with E-state index in [0.29, 0.717) is 11.3 Å². The summed E-state index contributed by atoms with van der Waals surface area (Å²) in [5.74, 6) is -0.479. The van der Waals surface area contributed by atoms with E-state index in [1.54, 1.807) is 13.0 Å². The molecule has 2 rings (SSSR count). The van der Waals surface area contributed by atoms with E-state index in [0.717, 1.165) is 0 Å². The van der Waals surface area contributed by atoms with Gasteiger partial charge >= 0.3 is 0 Å². The van der Waals surface area contributed by atoms with Crippen molar-refractivity contribution < 1.29 is 19.3 Å². The smallest absolute Gasteiger partial charge is 0.237 e. The van der Waals surface area contributed by atoms with Crippen LogP contribution in [0.25, 0.3) is 0 Å². The first-order chi connectivity index (χ1) is 11.7. The molecule has 5 nitrogen and oxygen atoms in total. The minimum absolute atomic E-state index is 0. The second-order valence-corrected chi connectivity index (χ2v) is 6.67. The monoisotopic (exact) mass is 404 g/mol. The van der Waals surface area contributed by atoms with Crippen molar-refractivity contribution in [1.29, 1.82) is 0 Å². The number of benzene rings is 1. The number of ether oxygens (including phenoxy) is 1. The van der Waals surface area contributed by atoms with Crippen molar-refractivity contribution >= 4 is 29.0 Å². The zero-order chi connectivity index (χ0) is 18.7. The molecule has 0 spiro atoms. The molecule has 1 aromatic carbocycles. The molecule has 144 valence electrons. The van der Waals surface area contributed by atoms with Crippen molar-refractivity contribution in [3.8, 4) is 17.2 Å². The summed E-state index contributed by atoms with van der Waals surface area (Å²) in [5, 5.41) is 21.6. The lowest BCUT2D eigenvalue weighted by molar-refractivity contribution is 0.208. The molecule has 0 aliphatic rings. The van der Waals surface area contributed by atoms with Crippen molar-refractivity contribution in [2.45, 2.75) is 40.2 Å². The molecule has 1 atom stereocenters. The first-order valence-corrected chi connectivity index (χ1v) is 8.43. The normalized spacial score (nSPS) is 11.8. The van der Waals surface area contributed by atoms with Gasteiger partial charge in [0.15, 0.2) is 11.6 Å². The van der Waals surface area contributed by atoms with Crippen LogP contribution in [-0.2, 0) is 0 Å². The lowest BCUT2D eigenvalue weighted by atomic mass is 10.0. The maximum absolute atomic E-state index is 14.0. The van der Waals surface area contributed by atoms with Crippen LogP contribution < -0.4 is 10.1 Å². The van der Waals surface area contributed by atoms with Crippen molar-refractivity contribution in [1.82, 2.24) is 4.98 Å². The van der Waals surface area contributed by atoms with Gasteiger partial charge in [-0.3, -0.25) is 0 Å². The Morgan fingerprint density at radius 2 is 1.88 bits per heavy atom. The van der Waals surface area contributed by atoms with E-state index in [4.69, 9.17) is 27.9 Å². The van der Waals surface area contributed by atoms with Crippen LogP contribution in [0.4, 0.5) is 10.2 Å². The number of phenolic OH excluding ortho intramolecular Hbond substituents is 1. The van der Waals surface area contributed by atoms with Gasteiger partial charge < -0.3 is 20.3 Å². The van der Waals surface area contributed by atoms with E-state index in [2.05, 4.69) is 10.3 Å². The Hall–Kier alpha value is -1.76. The summed E-state index contributed by atoms with van der Waals surface area (Å²) < 4.78 is 19.7. The molecule has 3 N–H and O–H groups in total. The molecule has 0 saturated carbocycles. The number of aliphatic hydroxyl groups excluding tert-OH is 1. The van der Waals surface area contributed by atoms with Gasteiger partial charge in [-0.05, 0) is 31.0 Å². The Morgan fingerprint density at radius 3 is 2.46 bits per heavy atom. The fourth-order valence-corrected chi connectivity index (χ4v) is 2.59. The lowest BCUT2D eigenvalue weighted by Crippen LogP contribution is -2.16. The molecule has 0 aliphatic heterocycles. The number of aromatic nitrogens is 1. The number of nitrogens with zero attached hydrogens (tertiary/aromatic N) is 1. The summed E-state index contributed by atoms with van der Waals surface area (Å²) in [6.07, 6.45) is -0.674. The maximum atomic E-state index is 14.0. The summed E-state index contributed by atoms with van der Waals surface area (Å²) in [6, 6.07) is 4.64. The van der Waals surface area contributed by atoms with Crippen molar-refractivity contribution in [3.63, 3.8) is 0 Å². The summed E-state index contributed by atoms with van der Waals surface area (Å²) in [4.78, 5) is 3.63. The van der Waals surface area contributed by atoms with Gasteiger partial charge in [0, 0.05) is 12.1 Å². The third-order valence-corrected chi connectivity index (χ3v) is 4.08. The van der Waals surface area contributed by atoms with E-state index in [1.807, 2.05) is 13.8 Å². The number of pyridine rings is 1. The Balaban J connectivity index is 0.00000338. The molecule has 0 amide bonds. The molecule has 0 aliphatic carbocycles. The van der Waals surface area contributed by atoms with E-state index >= 15 is 0 Å². The third kappa shape index (κ3) is 5.13. The Morgan fingerprint density at radius 1 is 1.23 bits per heavy atom. The highest BCUT2D eigenvalue weighted by atomic mass is 35.5. The molecule has 0 saturated heterocycles. The van der Waals surface area contributed by atoms with Crippen LogP contribution in [-0.4, -0.2) is 27.8 Å². The van der Waals surface area contributed by atoms with E-state index < -0.39 is 12.1 Å². The van der Waals surface area contributed by atoms with E-state index in [-0.39, 0.29) is 47.3 Å². The minimum Gasteiger partial charge on any atom is -0.508 e. The second kappa shape index (κ2) is 9.26.